The zero-order valence-corrected chi connectivity index (χ0v) is 20.6. The summed E-state index contributed by atoms with van der Waals surface area (Å²) in [5, 5.41) is 6.24. The molecule has 3 aromatic carbocycles. The molecular weight excluding hydrogens is 482 g/mol. The van der Waals surface area contributed by atoms with Crippen LogP contribution in [-0.2, 0) is 9.59 Å². The second-order valence-electron chi connectivity index (χ2n) is 7.25. The van der Waals surface area contributed by atoms with Crippen molar-refractivity contribution in [3.63, 3.8) is 0 Å². The number of benzene rings is 3. The smallest absolute Gasteiger partial charge is 0.343 e. The Labute approximate surface area is 212 Å². The van der Waals surface area contributed by atoms with Gasteiger partial charge in [0.05, 0.1) is 45.9 Å². The lowest BCUT2D eigenvalue weighted by atomic mass is 10.2. The predicted molar refractivity (Wildman–Crippen MR) is 135 cm³/mol. The average Bonchev–Trinajstić information content (AvgIpc) is 2.93. The zero-order valence-electron chi connectivity index (χ0n) is 20.6. The molecule has 0 saturated heterocycles. The fraction of sp³-hybridized carbons (Fsp3) is 0.154. The van der Waals surface area contributed by atoms with Crippen LogP contribution in [-0.4, -0.2) is 52.4 Å². The highest BCUT2D eigenvalue weighted by Crippen LogP contribution is 2.30. The van der Waals surface area contributed by atoms with Crippen molar-refractivity contribution in [2.24, 2.45) is 5.10 Å². The maximum atomic E-state index is 12.5. The summed E-state index contributed by atoms with van der Waals surface area (Å²) >= 11 is 0. The van der Waals surface area contributed by atoms with Gasteiger partial charge in [-0.1, -0.05) is 6.07 Å². The van der Waals surface area contributed by atoms with Gasteiger partial charge in [-0.05, 0) is 54.1 Å². The Morgan fingerprint density at radius 2 is 1.43 bits per heavy atom. The fourth-order valence-corrected chi connectivity index (χ4v) is 3.06. The summed E-state index contributed by atoms with van der Waals surface area (Å²) < 4.78 is 26.2. The first-order valence-electron chi connectivity index (χ1n) is 10.8. The minimum atomic E-state index is -1.00. The van der Waals surface area contributed by atoms with E-state index in [1.54, 1.807) is 48.5 Å². The van der Waals surface area contributed by atoms with Crippen LogP contribution >= 0.6 is 0 Å². The molecule has 2 amide bonds. The number of hydrogen-bond acceptors (Lipinski definition) is 9. The van der Waals surface area contributed by atoms with Crippen LogP contribution in [0.15, 0.2) is 65.8 Å². The molecule has 0 radical (unpaired) electrons. The predicted octanol–water partition coefficient (Wildman–Crippen LogP) is 3.03. The first-order valence-corrected chi connectivity index (χ1v) is 10.8. The highest BCUT2D eigenvalue weighted by molar-refractivity contribution is 6.39. The lowest BCUT2D eigenvalue weighted by Crippen LogP contribution is -2.32. The van der Waals surface area contributed by atoms with Gasteiger partial charge in [0, 0.05) is 6.07 Å². The van der Waals surface area contributed by atoms with Crippen molar-refractivity contribution in [1.82, 2.24) is 5.43 Å². The monoisotopic (exact) mass is 507 g/mol. The molecule has 192 valence electrons. The standard InChI is InChI=1S/C26H25N3O8/c1-33-18-7-5-6-17(13-18)26(32)37-22-10-8-16(12-23(22)36-4)15-27-29-25(31)24(30)28-20-14-19(34-2)9-11-21(20)35-3/h5-15H,1-4H3,(H,28,30)(H,29,31)/b27-15+. The molecule has 3 aromatic rings. The van der Waals surface area contributed by atoms with E-state index in [2.05, 4.69) is 15.8 Å². The summed E-state index contributed by atoms with van der Waals surface area (Å²) in [6.07, 6.45) is 1.30. The van der Waals surface area contributed by atoms with E-state index in [9.17, 15) is 14.4 Å². The number of carbonyl (C=O) groups is 3. The minimum absolute atomic E-state index is 0.183. The van der Waals surface area contributed by atoms with E-state index < -0.39 is 17.8 Å². The molecule has 0 spiro atoms. The van der Waals surface area contributed by atoms with Crippen molar-refractivity contribution in [1.29, 1.82) is 0 Å². The summed E-state index contributed by atoms with van der Waals surface area (Å²) in [6, 6.07) is 16.0. The molecule has 0 bridgehead atoms. The van der Waals surface area contributed by atoms with Crippen molar-refractivity contribution in [3.8, 4) is 28.7 Å². The van der Waals surface area contributed by atoms with Gasteiger partial charge in [-0.2, -0.15) is 5.10 Å². The van der Waals surface area contributed by atoms with Crippen LogP contribution < -0.4 is 34.4 Å². The van der Waals surface area contributed by atoms with Gasteiger partial charge in [0.1, 0.15) is 17.2 Å². The molecule has 0 atom stereocenters. The molecule has 37 heavy (non-hydrogen) atoms. The number of hydrogen-bond donors (Lipinski definition) is 2. The minimum Gasteiger partial charge on any atom is -0.497 e. The fourth-order valence-electron chi connectivity index (χ4n) is 3.06. The number of carbonyl (C=O) groups excluding carboxylic acids is 3. The van der Waals surface area contributed by atoms with Gasteiger partial charge in [0.2, 0.25) is 0 Å². The molecule has 0 unspecified atom stereocenters. The van der Waals surface area contributed by atoms with Crippen molar-refractivity contribution >= 4 is 29.7 Å². The lowest BCUT2D eigenvalue weighted by molar-refractivity contribution is -0.136. The summed E-state index contributed by atoms with van der Waals surface area (Å²) in [6.45, 7) is 0. The number of esters is 1. The van der Waals surface area contributed by atoms with Crippen LogP contribution in [0.5, 0.6) is 28.7 Å². The molecule has 0 aliphatic rings. The van der Waals surface area contributed by atoms with E-state index >= 15 is 0 Å². The molecule has 3 rings (SSSR count). The SMILES string of the molecule is COc1cccc(C(=O)Oc2ccc(/C=N/NC(=O)C(=O)Nc3cc(OC)ccc3OC)cc2OC)c1. The third kappa shape index (κ3) is 6.98. The number of anilines is 1. The van der Waals surface area contributed by atoms with Gasteiger partial charge in [0.25, 0.3) is 0 Å². The maximum Gasteiger partial charge on any atom is 0.343 e. The Hall–Kier alpha value is -5.06. The second kappa shape index (κ2) is 12.6. The highest BCUT2D eigenvalue weighted by atomic mass is 16.6. The van der Waals surface area contributed by atoms with E-state index in [0.29, 0.717) is 28.4 Å². The van der Waals surface area contributed by atoms with E-state index in [-0.39, 0.29) is 17.2 Å². The molecule has 0 aliphatic heterocycles. The number of hydrazone groups is 1. The van der Waals surface area contributed by atoms with Crippen LogP contribution in [0.25, 0.3) is 0 Å². The van der Waals surface area contributed by atoms with Crippen LogP contribution in [0.1, 0.15) is 15.9 Å². The first-order chi connectivity index (χ1) is 17.9. The Balaban J connectivity index is 1.63. The molecule has 0 fully saturated rings. The highest BCUT2D eigenvalue weighted by Gasteiger charge is 2.17. The van der Waals surface area contributed by atoms with E-state index in [1.807, 2.05) is 0 Å². The third-order valence-electron chi connectivity index (χ3n) is 4.94. The topological polar surface area (TPSA) is 134 Å². The van der Waals surface area contributed by atoms with Crippen LogP contribution in [0.3, 0.4) is 0 Å². The average molecular weight is 507 g/mol. The largest absolute Gasteiger partial charge is 0.497 e. The maximum absolute atomic E-state index is 12.5. The molecule has 0 aliphatic carbocycles. The van der Waals surface area contributed by atoms with Gasteiger partial charge >= 0.3 is 17.8 Å². The number of nitrogens with one attached hydrogen (secondary N) is 2. The Morgan fingerprint density at radius 3 is 2.14 bits per heavy atom. The third-order valence-corrected chi connectivity index (χ3v) is 4.94. The van der Waals surface area contributed by atoms with Gasteiger partial charge in [-0.3, -0.25) is 9.59 Å². The van der Waals surface area contributed by atoms with Gasteiger partial charge in [-0.15, -0.1) is 0 Å². The second-order valence-corrected chi connectivity index (χ2v) is 7.25. The Bertz CT molecular complexity index is 1320. The van der Waals surface area contributed by atoms with Crippen molar-refractivity contribution in [2.45, 2.75) is 0 Å². The van der Waals surface area contributed by atoms with Crippen LogP contribution in [0, 0.1) is 0 Å². The number of ether oxygens (including phenoxy) is 5. The number of rotatable bonds is 9. The molecule has 0 heterocycles. The number of amides is 2. The van der Waals surface area contributed by atoms with Crippen molar-refractivity contribution < 1.29 is 38.1 Å². The number of methoxy groups -OCH3 is 4. The zero-order chi connectivity index (χ0) is 26.8. The van der Waals surface area contributed by atoms with Crippen molar-refractivity contribution in [2.75, 3.05) is 33.8 Å². The summed E-state index contributed by atoms with van der Waals surface area (Å²) in [7, 11) is 5.82. The Morgan fingerprint density at radius 1 is 0.730 bits per heavy atom. The van der Waals surface area contributed by atoms with E-state index in [0.717, 1.165) is 0 Å². The molecular formula is C26H25N3O8. The molecule has 11 heteroatoms. The molecule has 0 saturated carbocycles. The molecule has 2 N–H and O–H groups in total. The summed E-state index contributed by atoms with van der Waals surface area (Å²) in [5.41, 5.74) is 3.21. The molecule has 0 aromatic heterocycles. The van der Waals surface area contributed by atoms with E-state index in [1.165, 1.54) is 46.8 Å². The Kier molecular flexibility index (Phi) is 9.03. The number of nitrogens with zero attached hydrogens (tertiary/aromatic N) is 1. The van der Waals surface area contributed by atoms with Crippen LogP contribution in [0.4, 0.5) is 5.69 Å². The first kappa shape index (κ1) is 26.5. The van der Waals surface area contributed by atoms with E-state index in [4.69, 9.17) is 23.7 Å². The normalized spacial score (nSPS) is 10.4. The summed E-state index contributed by atoms with van der Waals surface area (Å²) in [4.78, 5) is 36.9. The van der Waals surface area contributed by atoms with Crippen LogP contribution in [0.2, 0.25) is 0 Å². The van der Waals surface area contributed by atoms with Crippen molar-refractivity contribution in [3.05, 3.63) is 71.8 Å². The lowest BCUT2D eigenvalue weighted by Gasteiger charge is -2.11. The quantitative estimate of drug-likeness (QED) is 0.148. The van der Waals surface area contributed by atoms with Gasteiger partial charge in [-0.25, -0.2) is 10.2 Å². The van der Waals surface area contributed by atoms with Gasteiger partial charge in [0.15, 0.2) is 11.5 Å². The molecule has 11 nitrogen and oxygen atoms in total. The summed E-state index contributed by atoms with van der Waals surface area (Å²) in [5.74, 6) is -0.766. The van der Waals surface area contributed by atoms with Gasteiger partial charge < -0.3 is 29.0 Å².